The van der Waals surface area contributed by atoms with Gasteiger partial charge in [0.2, 0.25) is 11.8 Å². The summed E-state index contributed by atoms with van der Waals surface area (Å²) in [7, 11) is 0. The van der Waals surface area contributed by atoms with Gasteiger partial charge in [0, 0.05) is 48.8 Å². The maximum Gasteiger partial charge on any atom is 0.240 e. The van der Waals surface area contributed by atoms with Gasteiger partial charge in [-0.25, -0.2) is 0 Å². The number of aromatic nitrogens is 1. The summed E-state index contributed by atoms with van der Waals surface area (Å²) in [5.74, 6) is -0.335. The van der Waals surface area contributed by atoms with E-state index in [4.69, 9.17) is 17.2 Å². The monoisotopic (exact) mass is 567 g/mol. The van der Waals surface area contributed by atoms with E-state index in [0.717, 1.165) is 32.8 Å². The van der Waals surface area contributed by atoms with E-state index in [1.54, 1.807) is 0 Å². The molecule has 0 aliphatic carbocycles. The van der Waals surface area contributed by atoms with Gasteiger partial charge < -0.3 is 32.0 Å². The zero-order valence-corrected chi connectivity index (χ0v) is 24.4. The van der Waals surface area contributed by atoms with Crippen LogP contribution in [0.15, 0.2) is 77.9 Å². The molecule has 0 radical (unpaired) electrons. The molecule has 2 amide bonds. The number of rotatable bonds is 9. The molecule has 42 heavy (non-hydrogen) atoms. The first kappa shape index (κ1) is 29.1. The number of carbonyl (C=O) groups is 2. The molecule has 1 unspecified atom stereocenters. The van der Waals surface area contributed by atoms with Crippen molar-refractivity contribution in [2.75, 3.05) is 19.6 Å². The van der Waals surface area contributed by atoms with Crippen molar-refractivity contribution in [2.45, 2.75) is 57.2 Å². The maximum absolute atomic E-state index is 13.9. The molecule has 0 bridgehead atoms. The van der Waals surface area contributed by atoms with Crippen LogP contribution in [0.3, 0.4) is 0 Å². The lowest BCUT2D eigenvalue weighted by Gasteiger charge is -2.47. The maximum atomic E-state index is 13.9. The smallest absolute Gasteiger partial charge is 0.240 e. The molecule has 0 saturated carbocycles. The third-order valence-corrected chi connectivity index (χ3v) is 8.44. The predicted octanol–water partition coefficient (Wildman–Crippen LogP) is 3.48. The van der Waals surface area contributed by atoms with E-state index in [9.17, 15) is 9.59 Å². The van der Waals surface area contributed by atoms with Crippen LogP contribution in [0.2, 0.25) is 0 Å². The minimum atomic E-state index is -0.689. The van der Waals surface area contributed by atoms with Crippen molar-refractivity contribution in [3.05, 3.63) is 84.1 Å². The molecule has 220 valence electrons. The molecule has 1 fully saturated rings. The van der Waals surface area contributed by atoms with Crippen LogP contribution in [0.25, 0.3) is 21.7 Å². The highest BCUT2D eigenvalue weighted by molar-refractivity contribution is 5.92. The number of hydrogen-bond acceptors (Lipinski definition) is 4. The van der Waals surface area contributed by atoms with Gasteiger partial charge in [0.25, 0.3) is 0 Å². The molecule has 9 nitrogen and oxygen atoms in total. The number of nitrogens with zero attached hydrogens (tertiary/aromatic N) is 3. The van der Waals surface area contributed by atoms with Gasteiger partial charge >= 0.3 is 0 Å². The van der Waals surface area contributed by atoms with Gasteiger partial charge in [-0.3, -0.25) is 14.6 Å². The number of H-pyrrole nitrogens is 1. The number of aromatic amines is 1. The summed E-state index contributed by atoms with van der Waals surface area (Å²) >= 11 is 0. The lowest BCUT2D eigenvalue weighted by Crippen LogP contribution is -2.63. The quantitative estimate of drug-likeness (QED) is 0.139. The van der Waals surface area contributed by atoms with E-state index in [0.29, 0.717) is 38.9 Å². The zero-order valence-electron chi connectivity index (χ0n) is 24.4. The number of benzene rings is 3. The molecule has 1 saturated heterocycles. The number of guanidine groups is 1. The van der Waals surface area contributed by atoms with Crippen LogP contribution in [0, 0.1) is 0 Å². The van der Waals surface area contributed by atoms with Gasteiger partial charge in [-0.1, -0.05) is 60.7 Å². The normalized spacial score (nSPS) is 18.6. The van der Waals surface area contributed by atoms with Crippen molar-refractivity contribution in [1.29, 1.82) is 0 Å². The molecule has 0 spiro atoms. The molecule has 7 N–H and O–H groups in total. The first-order chi connectivity index (χ1) is 20.2. The lowest BCUT2D eigenvalue weighted by atomic mass is 9.95. The second kappa shape index (κ2) is 12.7. The van der Waals surface area contributed by atoms with Crippen molar-refractivity contribution in [2.24, 2.45) is 22.2 Å². The van der Waals surface area contributed by atoms with E-state index < -0.39 is 6.04 Å². The van der Waals surface area contributed by atoms with Crippen molar-refractivity contribution in [1.82, 2.24) is 14.8 Å². The van der Waals surface area contributed by atoms with Crippen LogP contribution in [-0.2, 0) is 16.0 Å². The Morgan fingerprint density at radius 1 is 0.976 bits per heavy atom. The van der Waals surface area contributed by atoms with Crippen LogP contribution in [0.1, 0.15) is 43.7 Å². The molecule has 2 heterocycles. The van der Waals surface area contributed by atoms with Crippen LogP contribution in [0.4, 0.5) is 0 Å². The van der Waals surface area contributed by atoms with E-state index in [1.807, 2.05) is 72.3 Å². The number of piperazine rings is 1. The fraction of sp³-hybridized carbons (Fsp3) is 0.364. The van der Waals surface area contributed by atoms with Crippen LogP contribution < -0.4 is 17.2 Å². The fourth-order valence-electron chi connectivity index (χ4n) is 6.15. The molecule has 1 aliphatic rings. The van der Waals surface area contributed by atoms with E-state index in [-0.39, 0.29) is 35.8 Å². The molecule has 4 aromatic rings. The predicted molar refractivity (Wildman–Crippen MR) is 169 cm³/mol. The third kappa shape index (κ3) is 6.26. The minimum absolute atomic E-state index is 0.0435. The minimum Gasteiger partial charge on any atom is -0.370 e. The first-order valence-corrected chi connectivity index (χ1v) is 14.7. The first-order valence-electron chi connectivity index (χ1n) is 14.7. The second-order valence-electron chi connectivity index (χ2n) is 11.4. The Morgan fingerprint density at radius 2 is 1.71 bits per heavy atom. The highest BCUT2D eigenvalue weighted by atomic mass is 16.2. The zero-order chi connectivity index (χ0) is 29.8. The van der Waals surface area contributed by atoms with Crippen LogP contribution in [0.5, 0.6) is 0 Å². The van der Waals surface area contributed by atoms with Gasteiger partial charge in [0.15, 0.2) is 5.96 Å². The molecule has 3 aromatic carbocycles. The average molecular weight is 568 g/mol. The van der Waals surface area contributed by atoms with E-state index in [1.165, 1.54) is 0 Å². The summed E-state index contributed by atoms with van der Waals surface area (Å²) in [4.78, 5) is 38.9. The van der Waals surface area contributed by atoms with Crippen molar-refractivity contribution >= 4 is 39.4 Å². The molecule has 1 aliphatic heterocycles. The van der Waals surface area contributed by atoms with Gasteiger partial charge in [-0.15, -0.1) is 0 Å². The molecule has 5 rings (SSSR count). The number of hydrogen-bond donors (Lipinski definition) is 4. The molecular formula is C33H41N7O2. The van der Waals surface area contributed by atoms with Crippen LogP contribution >= 0.6 is 0 Å². The molecule has 4 atom stereocenters. The molecule has 9 heteroatoms. The summed E-state index contributed by atoms with van der Waals surface area (Å²) in [6, 6.07) is 21.3. The summed E-state index contributed by atoms with van der Waals surface area (Å²) in [6.07, 6.45) is 3.70. The number of fused-ring (bicyclic) bond motifs is 2. The summed E-state index contributed by atoms with van der Waals surface area (Å²) in [5, 5.41) is 3.32. The average Bonchev–Trinajstić information content (AvgIpc) is 3.42. The third-order valence-electron chi connectivity index (χ3n) is 8.44. The number of aliphatic imine (C=N–C) groups is 1. The van der Waals surface area contributed by atoms with Crippen molar-refractivity contribution in [3.8, 4) is 0 Å². The largest absolute Gasteiger partial charge is 0.370 e. The van der Waals surface area contributed by atoms with Gasteiger partial charge in [-0.05, 0) is 61.1 Å². The lowest BCUT2D eigenvalue weighted by molar-refractivity contribution is -0.148. The topological polar surface area (TPSA) is 147 Å². The van der Waals surface area contributed by atoms with E-state index >= 15 is 0 Å². The Hall–Kier alpha value is -4.37. The summed E-state index contributed by atoms with van der Waals surface area (Å²) < 4.78 is 0. The van der Waals surface area contributed by atoms with Crippen LogP contribution in [-0.4, -0.2) is 70.3 Å². The highest BCUT2D eigenvalue weighted by Gasteiger charge is 2.39. The standard InChI is InChI=1S/C33H41N7O2/c1-21-19-40(32(42)29(34)17-23-13-14-24-8-3-4-9-25(24)16-23)26(10-7-15-37-33(35)36)20-39(21)31(41)22(2)28-18-38-30-12-6-5-11-27(28)30/h3-6,8-9,11-14,16,18,21-22,26,29,38H,7,10,15,17,19-20,34H2,1-2H3,(H4,35,36,37)/t21-,22+,26?,29-/m1/s1. The second-order valence-corrected chi connectivity index (χ2v) is 11.4. The number of para-hydroxylation sites is 1. The number of carbonyl (C=O) groups excluding carboxylic acids is 2. The Morgan fingerprint density at radius 3 is 2.50 bits per heavy atom. The van der Waals surface area contributed by atoms with Crippen molar-refractivity contribution < 1.29 is 9.59 Å². The number of nitrogens with one attached hydrogen (secondary N) is 1. The van der Waals surface area contributed by atoms with Gasteiger partial charge in [-0.2, -0.15) is 0 Å². The van der Waals surface area contributed by atoms with Crippen molar-refractivity contribution in [3.63, 3.8) is 0 Å². The fourth-order valence-corrected chi connectivity index (χ4v) is 6.15. The Labute approximate surface area is 246 Å². The number of amides is 2. The molecule has 1 aromatic heterocycles. The Bertz CT molecular complexity index is 1590. The summed E-state index contributed by atoms with van der Waals surface area (Å²) in [5.41, 5.74) is 20.6. The Balaban J connectivity index is 1.33. The molecular weight excluding hydrogens is 526 g/mol. The van der Waals surface area contributed by atoms with Gasteiger partial charge in [0.1, 0.15) is 0 Å². The summed E-state index contributed by atoms with van der Waals surface area (Å²) in [6.45, 7) is 5.27. The highest BCUT2D eigenvalue weighted by Crippen LogP contribution is 2.30. The SMILES string of the molecule is C[C@H](C(=O)N1CC(CCCN=C(N)N)N(C(=O)[C@H](N)Cc2ccc3ccccc3c2)C[C@H]1C)c1c[nH]c2ccccc12. The van der Waals surface area contributed by atoms with Gasteiger partial charge in [0.05, 0.1) is 12.0 Å². The van der Waals surface area contributed by atoms with E-state index in [2.05, 4.69) is 34.2 Å². The Kier molecular flexibility index (Phi) is 8.77. The number of nitrogens with two attached hydrogens (primary N) is 3.